The van der Waals surface area contributed by atoms with Crippen molar-refractivity contribution in [1.82, 2.24) is 0 Å². The third-order valence-electron chi connectivity index (χ3n) is 4.56. The second-order valence-electron chi connectivity index (χ2n) is 6.50. The second kappa shape index (κ2) is 9.03. The maximum atomic E-state index is 12.0. The molecule has 0 saturated carbocycles. The van der Waals surface area contributed by atoms with Crippen molar-refractivity contribution in [3.63, 3.8) is 0 Å². The molecular weight excluding hydrogens is 396 g/mol. The van der Waals surface area contributed by atoms with Crippen LogP contribution in [0.25, 0.3) is 0 Å². The highest BCUT2D eigenvalue weighted by Crippen LogP contribution is 2.46. The van der Waals surface area contributed by atoms with Crippen LogP contribution >= 0.6 is 0 Å². The summed E-state index contributed by atoms with van der Waals surface area (Å²) in [6.07, 6.45) is -8.86. The molecule has 164 valence electrons. The Kier molecular flexibility index (Phi) is 7.16. The Labute approximate surface area is 166 Å². The SMILES string of the molecule is COC(=O)[C@@H](O)C1OC(OC)C2OC[C@H](OC(C)=O)C2(OC(C)=O)C1OC(C)=O. The van der Waals surface area contributed by atoms with Crippen LogP contribution in [-0.4, -0.2) is 92.2 Å². The molecule has 12 heteroatoms. The van der Waals surface area contributed by atoms with Gasteiger partial charge in [0.05, 0.1) is 13.7 Å². The van der Waals surface area contributed by atoms with Crippen LogP contribution in [-0.2, 0) is 52.3 Å². The number of aliphatic hydroxyl groups is 1. The van der Waals surface area contributed by atoms with Crippen LogP contribution < -0.4 is 0 Å². The number of ether oxygens (including phenoxy) is 7. The van der Waals surface area contributed by atoms with Gasteiger partial charge in [0.2, 0.25) is 5.60 Å². The van der Waals surface area contributed by atoms with Gasteiger partial charge in [0.15, 0.2) is 30.7 Å². The largest absolute Gasteiger partial charge is 0.467 e. The van der Waals surface area contributed by atoms with Crippen LogP contribution in [0.4, 0.5) is 0 Å². The van der Waals surface area contributed by atoms with Crippen LogP contribution in [0.1, 0.15) is 20.8 Å². The predicted octanol–water partition coefficient (Wildman–Crippen LogP) is -1.54. The van der Waals surface area contributed by atoms with E-state index < -0.39 is 66.3 Å². The fourth-order valence-electron chi connectivity index (χ4n) is 3.59. The Bertz CT molecular complexity index is 663. The molecule has 2 aliphatic rings. The lowest BCUT2D eigenvalue weighted by molar-refractivity contribution is -0.331. The van der Waals surface area contributed by atoms with Crippen LogP contribution in [0.2, 0.25) is 0 Å². The van der Waals surface area contributed by atoms with Crippen molar-refractivity contribution in [2.75, 3.05) is 20.8 Å². The zero-order chi connectivity index (χ0) is 21.9. The maximum Gasteiger partial charge on any atom is 0.337 e. The van der Waals surface area contributed by atoms with Crippen LogP contribution in [0.15, 0.2) is 0 Å². The minimum atomic E-state index is -1.96. The molecule has 0 radical (unpaired) electrons. The molecule has 0 amide bonds. The van der Waals surface area contributed by atoms with E-state index in [0.717, 1.165) is 27.9 Å². The molecule has 2 aliphatic heterocycles. The summed E-state index contributed by atoms with van der Waals surface area (Å²) in [4.78, 5) is 47.4. The summed E-state index contributed by atoms with van der Waals surface area (Å²) < 4.78 is 37.1. The van der Waals surface area contributed by atoms with Crippen LogP contribution in [0, 0.1) is 0 Å². The number of fused-ring (bicyclic) bond motifs is 1. The highest BCUT2D eigenvalue weighted by atomic mass is 16.7. The minimum Gasteiger partial charge on any atom is -0.467 e. The van der Waals surface area contributed by atoms with Gasteiger partial charge in [-0.25, -0.2) is 4.79 Å². The molecule has 2 rings (SSSR count). The summed E-state index contributed by atoms with van der Waals surface area (Å²) in [5, 5.41) is 10.4. The van der Waals surface area contributed by atoms with E-state index in [1.807, 2.05) is 0 Å². The number of hydrogen-bond acceptors (Lipinski definition) is 12. The Morgan fingerprint density at radius 2 is 1.66 bits per heavy atom. The van der Waals surface area contributed by atoms with Crippen LogP contribution in [0.3, 0.4) is 0 Å². The van der Waals surface area contributed by atoms with Gasteiger partial charge in [-0.05, 0) is 0 Å². The van der Waals surface area contributed by atoms with E-state index in [1.54, 1.807) is 0 Å². The van der Waals surface area contributed by atoms with E-state index in [2.05, 4.69) is 4.74 Å². The van der Waals surface area contributed by atoms with Gasteiger partial charge in [-0.2, -0.15) is 0 Å². The number of hydrogen-bond donors (Lipinski definition) is 1. The number of carbonyl (C=O) groups is 4. The van der Waals surface area contributed by atoms with Gasteiger partial charge in [0.1, 0.15) is 6.10 Å². The molecule has 2 heterocycles. The van der Waals surface area contributed by atoms with Gasteiger partial charge < -0.3 is 38.3 Å². The molecule has 29 heavy (non-hydrogen) atoms. The van der Waals surface area contributed by atoms with Gasteiger partial charge in [-0.3, -0.25) is 14.4 Å². The van der Waals surface area contributed by atoms with Crippen molar-refractivity contribution in [1.29, 1.82) is 0 Å². The van der Waals surface area contributed by atoms with E-state index in [9.17, 15) is 24.3 Å². The van der Waals surface area contributed by atoms with Crippen molar-refractivity contribution in [2.45, 2.75) is 63.2 Å². The first kappa shape index (κ1) is 23.0. The van der Waals surface area contributed by atoms with E-state index >= 15 is 0 Å². The topological polar surface area (TPSA) is 153 Å². The standard InChI is InChI=1S/C17H24O12/c1-7(18)26-10-6-25-14-16(24-5)28-12(11(21)15(22)23-4)13(27-8(2)19)17(10,14)29-9(3)20/h10-14,16,21H,6H2,1-5H3/t10-,11-,12?,13?,14?,16?,17?/m0/s1. The molecule has 0 aliphatic carbocycles. The van der Waals surface area contributed by atoms with E-state index in [1.165, 1.54) is 7.11 Å². The molecule has 0 aromatic carbocycles. The Morgan fingerprint density at radius 1 is 1.03 bits per heavy atom. The minimum absolute atomic E-state index is 0.250. The average Bonchev–Trinajstić information content (AvgIpc) is 2.98. The summed E-state index contributed by atoms with van der Waals surface area (Å²) in [5.41, 5.74) is -1.96. The number of aliphatic hydroxyl groups excluding tert-OH is 1. The monoisotopic (exact) mass is 420 g/mol. The molecule has 0 spiro atoms. The van der Waals surface area contributed by atoms with Gasteiger partial charge in [0, 0.05) is 27.9 Å². The van der Waals surface area contributed by atoms with E-state index in [-0.39, 0.29) is 6.61 Å². The number of esters is 4. The Hall–Kier alpha value is -2.28. The number of carbonyl (C=O) groups excluding carboxylic acids is 4. The summed E-state index contributed by atoms with van der Waals surface area (Å²) in [6.45, 7) is 3.03. The molecule has 2 saturated heterocycles. The molecule has 1 N–H and O–H groups in total. The van der Waals surface area contributed by atoms with E-state index in [4.69, 9.17) is 28.4 Å². The highest BCUT2D eigenvalue weighted by molar-refractivity contribution is 5.75. The van der Waals surface area contributed by atoms with Crippen molar-refractivity contribution < 1.29 is 57.4 Å². The first-order chi connectivity index (χ1) is 13.6. The third kappa shape index (κ3) is 4.34. The molecule has 0 aromatic rings. The zero-order valence-corrected chi connectivity index (χ0v) is 16.6. The van der Waals surface area contributed by atoms with Gasteiger partial charge in [0.25, 0.3) is 0 Å². The fraction of sp³-hybridized carbons (Fsp3) is 0.765. The number of methoxy groups -OCH3 is 2. The van der Waals surface area contributed by atoms with E-state index in [0.29, 0.717) is 0 Å². The Morgan fingerprint density at radius 3 is 2.14 bits per heavy atom. The molecule has 7 atom stereocenters. The van der Waals surface area contributed by atoms with Gasteiger partial charge in [-0.15, -0.1) is 0 Å². The molecule has 0 bridgehead atoms. The summed E-state index contributed by atoms with van der Waals surface area (Å²) >= 11 is 0. The molecule has 12 nitrogen and oxygen atoms in total. The lowest BCUT2D eigenvalue weighted by Crippen LogP contribution is -2.73. The molecule has 0 aromatic heterocycles. The predicted molar refractivity (Wildman–Crippen MR) is 89.0 cm³/mol. The quantitative estimate of drug-likeness (QED) is 0.391. The van der Waals surface area contributed by atoms with Crippen molar-refractivity contribution >= 4 is 23.9 Å². The van der Waals surface area contributed by atoms with Crippen LogP contribution in [0.5, 0.6) is 0 Å². The third-order valence-corrected chi connectivity index (χ3v) is 4.56. The zero-order valence-electron chi connectivity index (χ0n) is 16.6. The smallest absolute Gasteiger partial charge is 0.337 e. The highest BCUT2D eigenvalue weighted by Gasteiger charge is 2.71. The molecule has 2 fully saturated rings. The fourth-order valence-corrected chi connectivity index (χ4v) is 3.59. The summed E-state index contributed by atoms with van der Waals surface area (Å²) in [7, 11) is 2.29. The first-order valence-electron chi connectivity index (χ1n) is 8.68. The Balaban J connectivity index is 2.65. The lowest BCUT2D eigenvalue weighted by atomic mass is 9.79. The van der Waals surface area contributed by atoms with Gasteiger partial charge in [-0.1, -0.05) is 0 Å². The van der Waals surface area contributed by atoms with Crippen molar-refractivity contribution in [3.05, 3.63) is 0 Å². The van der Waals surface area contributed by atoms with Crippen molar-refractivity contribution in [2.24, 2.45) is 0 Å². The maximum absolute atomic E-state index is 12.0. The normalized spacial score (nSPS) is 34.5. The molecular formula is C17H24O12. The average molecular weight is 420 g/mol. The number of rotatable bonds is 6. The molecule has 5 unspecified atom stereocenters. The van der Waals surface area contributed by atoms with Gasteiger partial charge >= 0.3 is 23.9 Å². The summed E-state index contributed by atoms with van der Waals surface area (Å²) in [6, 6.07) is 0. The summed E-state index contributed by atoms with van der Waals surface area (Å²) in [5.74, 6) is -3.48. The second-order valence-corrected chi connectivity index (χ2v) is 6.50. The van der Waals surface area contributed by atoms with Crippen molar-refractivity contribution in [3.8, 4) is 0 Å². The first-order valence-corrected chi connectivity index (χ1v) is 8.68. The lowest BCUT2D eigenvalue weighted by Gasteiger charge is -2.50.